The highest BCUT2D eigenvalue weighted by Crippen LogP contribution is 2.27. The predicted molar refractivity (Wildman–Crippen MR) is 102 cm³/mol. The lowest BCUT2D eigenvalue weighted by atomic mass is 9.97. The molecule has 1 fully saturated rings. The van der Waals surface area contributed by atoms with E-state index in [-0.39, 0.29) is 24.8 Å². The summed E-state index contributed by atoms with van der Waals surface area (Å²) in [5, 5.41) is 3.46. The van der Waals surface area contributed by atoms with E-state index in [9.17, 15) is 0 Å². The number of hydrogen-bond donors (Lipinski definition) is 1. The van der Waals surface area contributed by atoms with Crippen molar-refractivity contribution in [3.8, 4) is 0 Å². The number of halogens is 2. The van der Waals surface area contributed by atoms with Gasteiger partial charge in [0, 0.05) is 32.2 Å². The molecule has 2 rings (SSSR count). The quantitative estimate of drug-likeness (QED) is 0.724. The Kier molecular flexibility index (Phi) is 12.0. The molecule has 1 aromatic rings. The van der Waals surface area contributed by atoms with Crippen LogP contribution in [0, 0.1) is 0 Å². The summed E-state index contributed by atoms with van der Waals surface area (Å²) in [5.41, 5.74) is 2.96. The Morgan fingerprint density at radius 3 is 2.18 bits per heavy atom. The molecule has 1 aliphatic heterocycles. The first-order valence-electron chi connectivity index (χ1n) is 8.38. The first-order chi connectivity index (χ1) is 9.85. The molecule has 1 saturated heterocycles. The van der Waals surface area contributed by atoms with Gasteiger partial charge in [0.25, 0.3) is 0 Å². The third-order valence-corrected chi connectivity index (χ3v) is 4.45. The maximum Gasteiger partial charge on any atom is 0.0349 e. The van der Waals surface area contributed by atoms with E-state index in [1.807, 2.05) is 0 Å². The molecule has 1 N–H and O–H groups in total. The molecular weight excluding hydrogens is 315 g/mol. The number of nitrogens with one attached hydrogen (secondary N) is 1. The van der Waals surface area contributed by atoms with Crippen molar-refractivity contribution < 1.29 is 0 Å². The Bertz CT molecular complexity index is 375. The average Bonchev–Trinajstić information content (AvgIpc) is 2.53. The van der Waals surface area contributed by atoms with Gasteiger partial charge in [0.1, 0.15) is 0 Å². The van der Waals surface area contributed by atoms with E-state index in [2.05, 4.69) is 48.3 Å². The molecule has 0 bridgehead atoms. The number of unbranched alkanes of at least 4 members (excludes halogenated alkanes) is 2. The number of piperazine rings is 1. The van der Waals surface area contributed by atoms with Crippen molar-refractivity contribution in [3.05, 3.63) is 35.4 Å². The summed E-state index contributed by atoms with van der Waals surface area (Å²) in [6, 6.07) is 9.96. The summed E-state index contributed by atoms with van der Waals surface area (Å²) in [6.45, 7) is 9.16. The topological polar surface area (TPSA) is 15.3 Å². The van der Waals surface area contributed by atoms with Crippen molar-refractivity contribution in [2.75, 3.05) is 26.2 Å². The van der Waals surface area contributed by atoms with Crippen LogP contribution in [0.3, 0.4) is 0 Å². The normalized spacial score (nSPS) is 16.5. The third-order valence-electron chi connectivity index (χ3n) is 4.45. The third kappa shape index (κ3) is 6.45. The molecule has 0 aliphatic carbocycles. The molecule has 1 aliphatic rings. The Labute approximate surface area is 148 Å². The van der Waals surface area contributed by atoms with E-state index in [4.69, 9.17) is 0 Å². The van der Waals surface area contributed by atoms with E-state index >= 15 is 0 Å². The van der Waals surface area contributed by atoms with Crippen LogP contribution < -0.4 is 5.32 Å². The zero-order valence-corrected chi connectivity index (χ0v) is 15.6. The summed E-state index contributed by atoms with van der Waals surface area (Å²) in [7, 11) is 0. The highest BCUT2D eigenvalue weighted by Gasteiger charge is 2.21. The minimum absolute atomic E-state index is 0. The highest BCUT2D eigenvalue weighted by atomic mass is 35.5. The molecule has 1 heterocycles. The lowest BCUT2D eigenvalue weighted by Gasteiger charge is -2.35. The van der Waals surface area contributed by atoms with Crippen LogP contribution in [0.15, 0.2) is 24.3 Å². The van der Waals surface area contributed by atoms with E-state index in [0.29, 0.717) is 6.04 Å². The molecule has 0 spiro atoms. The second-order valence-corrected chi connectivity index (χ2v) is 5.89. The van der Waals surface area contributed by atoms with Gasteiger partial charge in [-0.1, -0.05) is 57.4 Å². The molecular formula is C18H32Cl2N2. The van der Waals surface area contributed by atoms with E-state index in [0.717, 1.165) is 19.5 Å². The van der Waals surface area contributed by atoms with Gasteiger partial charge in [0.15, 0.2) is 0 Å². The van der Waals surface area contributed by atoms with Crippen molar-refractivity contribution in [1.29, 1.82) is 0 Å². The molecule has 0 aromatic heterocycles. The molecule has 4 heteroatoms. The smallest absolute Gasteiger partial charge is 0.0349 e. The number of hydrogen-bond acceptors (Lipinski definition) is 2. The maximum absolute atomic E-state index is 3.46. The molecule has 2 nitrogen and oxygen atoms in total. The Morgan fingerprint density at radius 2 is 1.64 bits per heavy atom. The fraction of sp³-hybridized carbons (Fsp3) is 0.667. The van der Waals surface area contributed by atoms with Gasteiger partial charge in [-0.25, -0.2) is 0 Å². The van der Waals surface area contributed by atoms with Crippen LogP contribution in [0.25, 0.3) is 0 Å². The second-order valence-electron chi connectivity index (χ2n) is 5.89. The van der Waals surface area contributed by atoms with Crippen LogP contribution >= 0.6 is 24.8 Å². The van der Waals surface area contributed by atoms with E-state index in [1.54, 1.807) is 0 Å². The second kappa shape index (κ2) is 12.2. The number of aryl methyl sites for hydroxylation is 1. The van der Waals surface area contributed by atoms with Crippen LogP contribution in [0.4, 0.5) is 0 Å². The van der Waals surface area contributed by atoms with Gasteiger partial charge >= 0.3 is 0 Å². The molecule has 22 heavy (non-hydrogen) atoms. The van der Waals surface area contributed by atoms with Crippen LogP contribution in [0.1, 0.15) is 56.7 Å². The summed E-state index contributed by atoms with van der Waals surface area (Å²) >= 11 is 0. The van der Waals surface area contributed by atoms with Crippen molar-refractivity contribution >= 4 is 24.8 Å². The fourth-order valence-corrected chi connectivity index (χ4v) is 3.12. The summed E-state index contributed by atoms with van der Waals surface area (Å²) in [4.78, 5) is 2.67. The van der Waals surface area contributed by atoms with Crippen LogP contribution in [0.5, 0.6) is 0 Å². The van der Waals surface area contributed by atoms with E-state index < -0.39 is 0 Å². The van der Waals surface area contributed by atoms with Crippen molar-refractivity contribution in [1.82, 2.24) is 10.2 Å². The van der Waals surface area contributed by atoms with Gasteiger partial charge < -0.3 is 5.32 Å². The van der Waals surface area contributed by atoms with Crippen molar-refractivity contribution in [3.63, 3.8) is 0 Å². The minimum atomic E-state index is 0. The number of rotatable bonds is 7. The van der Waals surface area contributed by atoms with Gasteiger partial charge in [-0.05, 0) is 24.0 Å². The van der Waals surface area contributed by atoms with Crippen molar-refractivity contribution in [2.45, 2.75) is 52.0 Å². The first kappa shape index (κ1) is 21.7. The number of benzene rings is 1. The maximum atomic E-state index is 3.46. The van der Waals surface area contributed by atoms with Gasteiger partial charge in [-0.3, -0.25) is 4.90 Å². The monoisotopic (exact) mass is 346 g/mol. The van der Waals surface area contributed by atoms with Gasteiger partial charge in [0.2, 0.25) is 0 Å². The van der Waals surface area contributed by atoms with Crippen LogP contribution in [0.2, 0.25) is 0 Å². The molecule has 0 unspecified atom stereocenters. The number of nitrogens with zero attached hydrogens (tertiary/aromatic N) is 1. The van der Waals surface area contributed by atoms with Gasteiger partial charge in [-0.2, -0.15) is 0 Å². The standard InChI is InChI=1S/C18H30N2.2ClH/c1-3-5-6-7-18(20-14-12-19-13-15-20)17-10-8-16(4-2)9-11-17;;/h8-11,18-19H,3-7,12-15H2,1-2H3;2*1H/t18-;;/m1../s1. The van der Waals surface area contributed by atoms with Crippen LogP contribution in [-0.2, 0) is 6.42 Å². The Hall–Kier alpha value is -0.280. The SMILES string of the molecule is CCCCC[C@H](c1ccc(CC)cc1)N1CCNCC1.Cl.Cl. The molecule has 1 aromatic carbocycles. The molecule has 0 amide bonds. The zero-order chi connectivity index (χ0) is 14.2. The summed E-state index contributed by atoms with van der Waals surface area (Å²) in [5.74, 6) is 0. The zero-order valence-electron chi connectivity index (χ0n) is 14.0. The summed E-state index contributed by atoms with van der Waals surface area (Å²) in [6.07, 6.45) is 6.45. The lowest BCUT2D eigenvalue weighted by molar-refractivity contribution is 0.162. The molecule has 128 valence electrons. The van der Waals surface area contributed by atoms with Crippen LogP contribution in [-0.4, -0.2) is 31.1 Å². The van der Waals surface area contributed by atoms with Crippen molar-refractivity contribution in [2.24, 2.45) is 0 Å². The molecule has 0 radical (unpaired) electrons. The predicted octanol–water partition coefficient (Wildman–Crippen LogP) is 4.62. The van der Waals surface area contributed by atoms with E-state index in [1.165, 1.54) is 49.9 Å². The Morgan fingerprint density at radius 1 is 1.00 bits per heavy atom. The lowest BCUT2D eigenvalue weighted by Crippen LogP contribution is -2.45. The fourth-order valence-electron chi connectivity index (χ4n) is 3.12. The molecule has 1 atom stereocenters. The molecule has 0 saturated carbocycles. The first-order valence-corrected chi connectivity index (χ1v) is 8.38. The highest BCUT2D eigenvalue weighted by molar-refractivity contribution is 5.85. The summed E-state index contributed by atoms with van der Waals surface area (Å²) < 4.78 is 0. The average molecular weight is 347 g/mol. The minimum Gasteiger partial charge on any atom is -0.314 e. The van der Waals surface area contributed by atoms with Gasteiger partial charge in [-0.15, -0.1) is 24.8 Å². The van der Waals surface area contributed by atoms with Gasteiger partial charge in [0.05, 0.1) is 0 Å². The largest absolute Gasteiger partial charge is 0.314 e. The Balaban J connectivity index is 0.00000220.